The molecule has 39 heavy (non-hydrogen) atoms. The zero-order chi connectivity index (χ0) is 27.4. The Bertz CT molecular complexity index is 1300. The summed E-state index contributed by atoms with van der Waals surface area (Å²) >= 11 is 0. The van der Waals surface area contributed by atoms with Gasteiger partial charge >= 0.3 is 5.97 Å². The van der Waals surface area contributed by atoms with Gasteiger partial charge in [-0.05, 0) is 48.2 Å². The third-order valence-electron chi connectivity index (χ3n) is 7.59. The highest BCUT2D eigenvalue weighted by molar-refractivity contribution is 6.00. The smallest absolute Gasteiger partial charge is 0.311 e. The molecular weight excluding hydrogens is 499 g/mol. The van der Waals surface area contributed by atoms with Gasteiger partial charge in [-0.25, -0.2) is 4.39 Å². The van der Waals surface area contributed by atoms with E-state index in [-0.39, 0.29) is 17.6 Å². The van der Waals surface area contributed by atoms with E-state index in [1.807, 2.05) is 60.7 Å². The minimum Gasteiger partial charge on any atom is -0.469 e. The van der Waals surface area contributed by atoms with Crippen LogP contribution in [0.15, 0.2) is 84.9 Å². The second-order valence-corrected chi connectivity index (χ2v) is 9.89. The normalized spacial score (nSPS) is 24.4. The van der Waals surface area contributed by atoms with Crippen LogP contribution < -0.4 is 5.32 Å². The Morgan fingerprint density at radius 1 is 0.949 bits per heavy atom. The summed E-state index contributed by atoms with van der Waals surface area (Å²) in [6, 6.07) is 21.8. The molecule has 7 nitrogen and oxygen atoms in total. The molecule has 0 aromatic heterocycles. The maximum atomic E-state index is 14.2. The topological polar surface area (TPSA) is 84.9 Å². The van der Waals surface area contributed by atoms with Gasteiger partial charge in [0.2, 0.25) is 5.91 Å². The van der Waals surface area contributed by atoms with Gasteiger partial charge in [-0.3, -0.25) is 14.4 Å². The van der Waals surface area contributed by atoms with Crippen LogP contribution in [0, 0.1) is 11.7 Å². The molecule has 0 spiro atoms. The van der Waals surface area contributed by atoms with Gasteiger partial charge in [-0.15, -0.1) is 0 Å². The Labute approximate surface area is 226 Å². The first-order valence-corrected chi connectivity index (χ1v) is 13.1. The zero-order valence-corrected chi connectivity index (χ0v) is 21.7. The quantitative estimate of drug-likeness (QED) is 0.462. The van der Waals surface area contributed by atoms with Crippen molar-refractivity contribution < 1.29 is 28.2 Å². The van der Waals surface area contributed by atoms with Crippen molar-refractivity contribution in [2.24, 2.45) is 5.92 Å². The fourth-order valence-electron chi connectivity index (χ4n) is 5.81. The molecule has 2 saturated heterocycles. The number of amides is 2. The SMILES string of the molecule is COC(=O)C1C(c2ccccc2)C(C(=O)NCC2CCCO2)N(C(=O)c2ccc(F)cc2)C1c1ccccc1. The number of rotatable bonds is 7. The maximum Gasteiger partial charge on any atom is 0.311 e. The van der Waals surface area contributed by atoms with Gasteiger partial charge in [0.25, 0.3) is 5.91 Å². The fourth-order valence-corrected chi connectivity index (χ4v) is 5.81. The first-order valence-electron chi connectivity index (χ1n) is 13.1. The third kappa shape index (κ3) is 5.43. The number of esters is 1. The summed E-state index contributed by atoms with van der Waals surface area (Å²) in [6.45, 7) is 0.945. The van der Waals surface area contributed by atoms with Crippen LogP contribution in [0.4, 0.5) is 4.39 Å². The number of halogens is 1. The maximum absolute atomic E-state index is 14.2. The van der Waals surface area contributed by atoms with Crippen molar-refractivity contribution in [3.05, 3.63) is 107 Å². The average Bonchev–Trinajstić information content (AvgIpc) is 3.63. The molecule has 0 saturated carbocycles. The molecule has 1 N–H and O–H groups in total. The van der Waals surface area contributed by atoms with E-state index in [1.54, 1.807) is 0 Å². The molecule has 0 bridgehead atoms. The number of carbonyl (C=O) groups excluding carboxylic acids is 3. The summed E-state index contributed by atoms with van der Waals surface area (Å²) < 4.78 is 24.7. The fraction of sp³-hybridized carbons (Fsp3) is 0.323. The second-order valence-electron chi connectivity index (χ2n) is 9.89. The lowest BCUT2D eigenvalue weighted by atomic mass is 9.80. The predicted molar refractivity (Wildman–Crippen MR) is 142 cm³/mol. The summed E-state index contributed by atoms with van der Waals surface area (Å²) in [7, 11) is 1.31. The van der Waals surface area contributed by atoms with Crippen molar-refractivity contribution in [3.8, 4) is 0 Å². The van der Waals surface area contributed by atoms with Crippen molar-refractivity contribution in [1.29, 1.82) is 0 Å². The Morgan fingerprint density at radius 3 is 2.18 bits per heavy atom. The molecule has 5 unspecified atom stereocenters. The number of ether oxygens (including phenoxy) is 2. The molecule has 202 valence electrons. The molecule has 5 atom stereocenters. The molecule has 2 aliphatic rings. The Kier molecular flexibility index (Phi) is 8.02. The first-order chi connectivity index (χ1) is 19.0. The van der Waals surface area contributed by atoms with E-state index in [0.29, 0.717) is 18.7 Å². The molecule has 2 amide bonds. The van der Waals surface area contributed by atoms with E-state index in [9.17, 15) is 18.8 Å². The van der Waals surface area contributed by atoms with Gasteiger partial charge in [-0.1, -0.05) is 60.7 Å². The van der Waals surface area contributed by atoms with Crippen molar-refractivity contribution in [2.75, 3.05) is 20.3 Å². The number of nitrogens with one attached hydrogen (secondary N) is 1. The van der Waals surface area contributed by atoms with Gasteiger partial charge in [0.05, 0.1) is 25.2 Å². The minimum absolute atomic E-state index is 0.104. The highest BCUT2D eigenvalue weighted by atomic mass is 19.1. The van der Waals surface area contributed by atoms with Crippen LogP contribution in [-0.2, 0) is 19.1 Å². The number of carbonyl (C=O) groups is 3. The molecule has 8 heteroatoms. The van der Waals surface area contributed by atoms with Gasteiger partial charge < -0.3 is 19.7 Å². The van der Waals surface area contributed by atoms with E-state index in [4.69, 9.17) is 9.47 Å². The Balaban J connectivity index is 1.66. The van der Waals surface area contributed by atoms with E-state index in [1.165, 1.54) is 36.3 Å². The van der Waals surface area contributed by atoms with Crippen molar-refractivity contribution in [1.82, 2.24) is 10.2 Å². The summed E-state index contributed by atoms with van der Waals surface area (Å²) in [5.74, 6) is -3.44. The van der Waals surface area contributed by atoms with Crippen molar-refractivity contribution in [2.45, 2.75) is 36.9 Å². The molecule has 3 aromatic rings. The lowest BCUT2D eigenvalue weighted by molar-refractivity contribution is -0.146. The average molecular weight is 531 g/mol. The summed E-state index contributed by atoms with van der Waals surface area (Å²) in [5.41, 5.74) is 1.64. The van der Waals surface area contributed by atoms with Crippen LogP contribution in [-0.4, -0.2) is 55.1 Å². The van der Waals surface area contributed by atoms with Crippen molar-refractivity contribution in [3.63, 3.8) is 0 Å². The monoisotopic (exact) mass is 530 g/mol. The standard InChI is InChI=1S/C31H31FN2O5/c1-38-31(37)26-25(20-9-4-2-5-10-20)28(29(35)33-19-24-13-8-18-39-24)34(27(26)21-11-6-3-7-12-21)30(36)22-14-16-23(32)17-15-22/h2-7,9-12,14-17,24-28H,8,13,18-19H2,1H3,(H,33,35). The minimum atomic E-state index is -1.04. The van der Waals surface area contributed by atoms with Crippen LogP contribution in [0.3, 0.4) is 0 Å². The van der Waals surface area contributed by atoms with Crippen molar-refractivity contribution >= 4 is 17.8 Å². The molecule has 0 aliphatic carbocycles. The Morgan fingerprint density at radius 2 is 1.59 bits per heavy atom. The highest BCUT2D eigenvalue weighted by Gasteiger charge is 2.58. The highest BCUT2D eigenvalue weighted by Crippen LogP contribution is 2.51. The number of nitrogens with zero attached hydrogens (tertiary/aromatic N) is 1. The molecule has 0 radical (unpaired) electrons. The van der Waals surface area contributed by atoms with Crippen LogP contribution in [0.2, 0.25) is 0 Å². The van der Waals surface area contributed by atoms with E-state index in [2.05, 4.69) is 5.32 Å². The van der Waals surface area contributed by atoms with Crippen LogP contribution >= 0.6 is 0 Å². The molecule has 3 aromatic carbocycles. The number of benzene rings is 3. The molecule has 5 rings (SSSR count). The van der Waals surface area contributed by atoms with E-state index >= 15 is 0 Å². The lowest BCUT2D eigenvalue weighted by Gasteiger charge is -2.32. The predicted octanol–water partition coefficient (Wildman–Crippen LogP) is 4.26. The lowest BCUT2D eigenvalue weighted by Crippen LogP contribution is -2.50. The third-order valence-corrected chi connectivity index (χ3v) is 7.59. The van der Waals surface area contributed by atoms with Crippen LogP contribution in [0.5, 0.6) is 0 Å². The number of hydrogen-bond donors (Lipinski definition) is 1. The first kappa shape index (κ1) is 26.6. The molecule has 2 aliphatic heterocycles. The largest absolute Gasteiger partial charge is 0.469 e. The van der Waals surface area contributed by atoms with E-state index in [0.717, 1.165) is 18.4 Å². The Hall–Kier alpha value is -4.04. The number of methoxy groups -OCH3 is 1. The van der Waals surface area contributed by atoms with Crippen LogP contribution in [0.25, 0.3) is 0 Å². The zero-order valence-electron chi connectivity index (χ0n) is 21.7. The van der Waals surface area contributed by atoms with Crippen LogP contribution in [0.1, 0.15) is 46.3 Å². The summed E-state index contributed by atoms with van der Waals surface area (Å²) in [5, 5.41) is 2.99. The molecular formula is C31H31FN2O5. The van der Waals surface area contributed by atoms with Gasteiger partial charge in [0, 0.05) is 24.6 Å². The number of likely N-dealkylation sites (tertiary alicyclic amines) is 1. The summed E-state index contributed by atoms with van der Waals surface area (Å²) in [6.07, 6.45) is 1.66. The molecule has 2 fully saturated rings. The van der Waals surface area contributed by atoms with Gasteiger partial charge in [-0.2, -0.15) is 0 Å². The number of hydrogen-bond acceptors (Lipinski definition) is 5. The molecule has 2 heterocycles. The second kappa shape index (κ2) is 11.8. The van der Waals surface area contributed by atoms with Gasteiger partial charge in [0.1, 0.15) is 11.9 Å². The van der Waals surface area contributed by atoms with Gasteiger partial charge in [0.15, 0.2) is 0 Å². The van der Waals surface area contributed by atoms with E-state index < -0.39 is 41.6 Å². The summed E-state index contributed by atoms with van der Waals surface area (Å²) in [4.78, 5) is 43.2.